The summed E-state index contributed by atoms with van der Waals surface area (Å²) in [5.74, 6) is 2.08. The van der Waals surface area contributed by atoms with Crippen LogP contribution in [0.4, 0.5) is 0 Å². The maximum atomic E-state index is 4.56. The van der Waals surface area contributed by atoms with E-state index in [0.717, 1.165) is 31.8 Å². The number of rotatable bonds is 8. The van der Waals surface area contributed by atoms with E-state index in [9.17, 15) is 0 Å². The van der Waals surface area contributed by atoms with Crippen LogP contribution in [-0.4, -0.2) is 18.1 Å². The monoisotopic (exact) mass is 262 g/mol. The molecule has 1 N–H and O–H groups in total. The van der Waals surface area contributed by atoms with Crippen LogP contribution in [0.3, 0.4) is 0 Å². The first-order chi connectivity index (χ1) is 9.02. The fourth-order valence-corrected chi connectivity index (χ4v) is 2.12. The van der Waals surface area contributed by atoms with Gasteiger partial charge in [-0.05, 0) is 55.3 Å². The lowest BCUT2D eigenvalue weighted by molar-refractivity contribution is 0.355. The molecule has 0 saturated carbocycles. The van der Waals surface area contributed by atoms with Gasteiger partial charge in [0.2, 0.25) is 0 Å². The van der Waals surface area contributed by atoms with Crippen LogP contribution in [0, 0.1) is 17.8 Å². The van der Waals surface area contributed by atoms with Gasteiger partial charge >= 0.3 is 0 Å². The van der Waals surface area contributed by atoms with Crippen LogP contribution in [0.5, 0.6) is 0 Å². The first kappa shape index (κ1) is 16.2. The smallest absolute Gasteiger partial charge is 0.0406 e. The molecule has 0 aliphatic rings. The first-order valence-electron chi connectivity index (χ1n) is 7.67. The molecule has 0 spiro atoms. The largest absolute Gasteiger partial charge is 0.316 e. The van der Waals surface area contributed by atoms with Gasteiger partial charge in [0.15, 0.2) is 0 Å². The third kappa shape index (κ3) is 6.20. The molecule has 108 valence electrons. The Bertz CT molecular complexity index is 343. The van der Waals surface area contributed by atoms with E-state index in [0.29, 0.717) is 11.8 Å². The number of nitrogens with one attached hydrogen (secondary N) is 1. The van der Waals surface area contributed by atoms with Crippen LogP contribution in [-0.2, 0) is 12.8 Å². The lowest BCUT2D eigenvalue weighted by atomic mass is 9.91. The molecule has 0 radical (unpaired) electrons. The number of aromatic nitrogens is 1. The summed E-state index contributed by atoms with van der Waals surface area (Å²) in [4.78, 5) is 4.56. The normalized spacial score (nSPS) is 14.6. The van der Waals surface area contributed by atoms with Crippen LogP contribution in [0.2, 0.25) is 0 Å². The maximum Gasteiger partial charge on any atom is 0.0406 e. The van der Waals surface area contributed by atoms with Gasteiger partial charge in [-0.3, -0.25) is 4.98 Å². The number of nitrogens with zero attached hydrogens (tertiary/aromatic N) is 1. The van der Waals surface area contributed by atoms with Gasteiger partial charge in [0.25, 0.3) is 0 Å². The summed E-state index contributed by atoms with van der Waals surface area (Å²) in [5.41, 5.74) is 2.54. The molecule has 0 aliphatic heterocycles. The van der Waals surface area contributed by atoms with Gasteiger partial charge in [-0.2, -0.15) is 0 Å². The van der Waals surface area contributed by atoms with Crippen LogP contribution in [0.25, 0.3) is 0 Å². The van der Waals surface area contributed by atoms with Gasteiger partial charge in [0.1, 0.15) is 0 Å². The quantitative estimate of drug-likeness (QED) is 0.772. The molecule has 19 heavy (non-hydrogen) atoms. The van der Waals surface area contributed by atoms with Gasteiger partial charge in [-0.25, -0.2) is 0 Å². The third-order valence-electron chi connectivity index (χ3n) is 3.82. The SMILES string of the molecule is CCc1ccc(CC(C)C(C)CNCC(C)C)nc1. The van der Waals surface area contributed by atoms with Crippen molar-refractivity contribution in [3.05, 3.63) is 29.6 Å². The van der Waals surface area contributed by atoms with E-state index in [2.05, 4.69) is 57.1 Å². The Labute approximate surface area is 119 Å². The number of hydrogen-bond donors (Lipinski definition) is 1. The van der Waals surface area contributed by atoms with E-state index >= 15 is 0 Å². The summed E-state index contributed by atoms with van der Waals surface area (Å²) in [6, 6.07) is 4.39. The molecule has 0 amide bonds. The fraction of sp³-hybridized carbons (Fsp3) is 0.706. The van der Waals surface area contributed by atoms with E-state index in [4.69, 9.17) is 0 Å². The molecule has 1 aromatic rings. The van der Waals surface area contributed by atoms with Crippen LogP contribution >= 0.6 is 0 Å². The highest BCUT2D eigenvalue weighted by Gasteiger charge is 2.13. The molecule has 1 heterocycles. The second-order valence-electron chi connectivity index (χ2n) is 6.22. The molecule has 1 aromatic heterocycles. The van der Waals surface area contributed by atoms with Gasteiger partial charge in [0.05, 0.1) is 0 Å². The molecule has 0 aromatic carbocycles. The van der Waals surface area contributed by atoms with E-state index in [1.807, 2.05) is 6.20 Å². The lowest BCUT2D eigenvalue weighted by Crippen LogP contribution is -2.29. The number of hydrogen-bond acceptors (Lipinski definition) is 2. The van der Waals surface area contributed by atoms with Crippen molar-refractivity contribution in [1.82, 2.24) is 10.3 Å². The lowest BCUT2D eigenvalue weighted by Gasteiger charge is -2.20. The van der Waals surface area contributed by atoms with Crippen molar-refractivity contribution in [1.29, 1.82) is 0 Å². The van der Waals surface area contributed by atoms with E-state index in [1.54, 1.807) is 0 Å². The summed E-state index contributed by atoms with van der Waals surface area (Å²) in [5, 5.41) is 3.55. The Morgan fingerprint density at radius 2 is 1.79 bits per heavy atom. The van der Waals surface area contributed by atoms with E-state index in [-0.39, 0.29) is 0 Å². The molecule has 1 rings (SSSR count). The topological polar surface area (TPSA) is 24.9 Å². The minimum atomic E-state index is 0.666. The Morgan fingerprint density at radius 3 is 2.32 bits per heavy atom. The van der Waals surface area contributed by atoms with Crippen LogP contribution in [0.15, 0.2) is 18.3 Å². The molecular formula is C17H30N2. The molecule has 2 nitrogen and oxygen atoms in total. The van der Waals surface area contributed by atoms with Crippen molar-refractivity contribution in [3.63, 3.8) is 0 Å². The van der Waals surface area contributed by atoms with Gasteiger partial charge in [-0.1, -0.05) is 40.7 Å². The summed E-state index contributed by atoms with van der Waals surface area (Å²) in [6.07, 6.45) is 4.16. The minimum absolute atomic E-state index is 0.666. The zero-order valence-electron chi connectivity index (χ0n) is 13.2. The Balaban J connectivity index is 2.37. The molecule has 0 aliphatic carbocycles. The number of aryl methyl sites for hydroxylation is 1. The van der Waals surface area contributed by atoms with E-state index in [1.165, 1.54) is 11.3 Å². The highest BCUT2D eigenvalue weighted by molar-refractivity contribution is 5.14. The van der Waals surface area contributed by atoms with Gasteiger partial charge < -0.3 is 5.32 Å². The minimum Gasteiger partial charge on any atom is -0.316 e. The molecule has 0 fully saturated rings. The zero-order valence-corrected chi connectivity index (χ0v) is 13.2. The standard InChI is InChI=1S/C17H30N2/c1-6-16-7-8-17(19-12-16)9-14(4)15(5)11-18-10-13(2)3/h7-8,12-15,18H,6,9-11H2,1-5H3. The summed E-state index contributed by atoms with van der Waals surface area (Å²) in [6.45, 7) is 13.5. The zero-order chi connectivity index (χ0) is 14.3. The summed E-state index contributed by atoms with van der Waals surface area (Å²) < 4.78 is 0. The van der Waals surface area contributed by atoms with Crippen molar-refractivity contribution in [2.24, 2.45) is 17.8 Å². The summed E-state index contributed by atoms with van der Waals surface area (Å²) in [7, 11) is 0. The Kier molecular flexibility index (Phi) is 7.07. The highest BCUT2D eigenvalue weighted by Crippen LogP contribution is 2.16. The Hall–Kier alpha value is -0.890. The van der Waals surface area contributed by atoms with Crippen molar-refractivity contribution in [3.8, 4) is 0 Å². The maximum absolute atomic E-state index is 4.56. The number of pyridine rings is 1. The third-order valence-corrected chi connectivity index (χ3v) is 3.82. The van der Waals surface area contributed by atoms with E-state index < -0.39 is 0 Å². The Morgan fingerprint density at radius 1 is 1.05 bits per heavy atom. The van der Waals surface area contributed by atoms with Crippen molar-refractivity contribution in [2.45, 2.75) is 47.5 Å². The predicted molar refractivity (Wildman–Crippen MR) is 83.4 cm³/mol. The average Bonchev–Trinajstić information content (AvgIpc) is 2.39. The molecular weight excluding hydrogens is 232 g/mol. The first-order valence-corrected chi connectivity index (χ1v) is 7.67. The molecule has 2 atom stereocenters. The van der Waals surface area contributed by atoms with Crippen molar-refractivity contribution in [2.75, 3.05) is 13.1 Å². The molecule has 2 unspecified atom stereocenters. The van der Waals surface area contributed by atoms with Gasteiger partial charge in [-0.15, -0.1) is 0 Å². The van der Waals surface area contributed by atoms with Crippen LogP contribution < -0.4 is 5.32 Å². The molecule has 2 heteroatoms. The molecule has 0 saturated heterocycles. The second kappa shape index (κ2) is 8.31. The summed E-state index contributed by atoms with van der Waals surface area (Å²) >= 11 is 0. The fourth-order valence-electron chi connectivity index (χ4n) is 2.12. The molecule has 0 bridgehead atoms. The highest BCUT2D eigenvalue weighted by atomic mass is 14.9. The van der Waals surface area contributed by atoms with Crippen LogP contribution in [0.1, 0.15) is 45.9 Å². The van der Waals surface area contributed by atoms with Crippen molar-refractivity contribution >= 4 is 0 Å². The average molecular weight is 262 g/mol. The van der Waals surface area contributed by atoms with Gasteiger partial charge in [0, 0.05) is 11.9 Å². The van der Waals surface area contributed by atoms with Crippen molar-refractivity contribution < 1.29 is 0 Å². The predicted octanol–water partition coefficient (Wildman–Crippen LogP) is 3.70. The second-order valence-corrected chi connectivity index (χ2v) is 6.22.